The van der Waals surface area contributed by atoms with Gasteiger partial charge in [-0.2, -0.15) is 5.06 Å². The van der Waals surface area contributed by atoms with Crippen molar-refractivity contribution in [3.63, 3.8) is 0 Å². The Kier molecular flexibility index (Phi) is 2.56. The second kappa shape index (κ2) is 3.49. The molecule has 9 heavy (non-hydrogen) atoms. The van der Waals surface area contributed by atoms with E-state index in [9.17, 15) is 0 Å². The van der Waals surface area contributed by atoms with Gasteiger partial charge in [-0.3, -0.25) is 4.84 Å². The third-order valence-corrected chi connectivity index (χ3v) is 1.33. The first kappa shape index (κ1) is 6.60. The van der Waals surface area contributed by atoms with Crippen LogP contribution in [0, 0.1) is 12.3 Å². The van der Waals surface area contributed by atoms with Gasteiger partial charge in [0.15, 0.2) is 0 Å². The van der Waals surface area contributed by atoms with Crippen molar-refractivity contribution in [2.75, 3.05) is 19.7 Å². The molecule has 0 unspecified atom stereocenters. The van der Waals surface area contributed by atoms with E-state index in [1.54, 1.807) is 0 Å². The largest absolute Gasteiger partial charge is 0.299 e. The maximum Gasteiger partial charge on any atom is 0.0698 e. The Labute approximate surface area is 55.7 Å². The summed E-state index contributed by atoms with van der Waals surface area (Å²) in [5.74, 6) is 2.57. The van der Waals surface area contributed by atoms with E-state index in [4.69, 9.17) is 11.3 Å². The van der Waals surface area contributed by atoms with Crippen molar-refractivity contribution >= 4 is 0 Å². The van der Waals surface area contributed by atoms with Gasteiger partial charge in [-0.05, 0) is 6.42 Å². The number of rotatable bonds is 2. The molecule has 0 aliphatic carbocycles. The molecule has 0 amide bonds. The van der Waals surface area contributed by atoms with Crippen molar-refractivity contribution in [3.8, 4) is 12.3 Å². The maximum absolute atomic E-state index is 5.19. The van der Waals surface area contributed by atoms with Crippen molar-refractivity contribution in [2.45, 2.75) is 12.8 Å². The minimum Gasteiger partial charge on any atom is -0.299 e. The van der Waals surface area contributed by atoms with Crippen molar-refractivity contribution in [3.05, 3.63) is 0 Å². The molecule has 2 heteroatoms. The summed E-state index contributed by atoms with van der Waals surface area (Å²) in [4.78, 5) is 5.19. The topological polar surface area (TPSA) is 12.5 Å². The van der Waals surface area contributed by atoms with Crippen LogP contribution in [0.5, 0.6) is 0 Å². The second-order valence-corrected chi connectivity index (χ2v) is 2.07. The normalized spacial score (nSPS) is 19.9. The summed E-state index contributed by atoms with van der Waals surface area (Å²) >= 11 is 0. The average Bonchev–Trinajstić information content (AvgIpc) is 2.34. The molecule has 0 spiro atoms. The molecule has 1 rings (SSSR count). The number of hydroxylamine groups is 2. The standard InChI is InChI=1S/C7H11NO/c1-2-3-5-8-6-4-7-9-8/h1H,3-7H2. The van der Waals surface area contributed by atoms with Gasteiger partial charge in [0.05, 0.1) is 6.61 Å². The van der Waals surface area contributed by atoms with E-state index in [0.29, 0.717) is 0 Å². The molecule has 0 bridgehead atoms. The molecule has 1 fully saturated rings. The van der Waals surface area contributed by atoms with Crippen LogP contribution < -0.4 is 0 Å². The number of terminal acetylenes is 1. The zero-order valence-electron chi connectivity index (χ0n) is 5.47. The van der Waals surface area contributed by atoms with Gasteiger partial charge in [0.2, 0.25) is 0 Å². The Morgan fingerprint density at radius 3 is 3.11 bits per heavy atom. The van der Waals surface area contributed by atoms with Gasteiger partial charge in [-0.15, -0.1) is 12.3 Å². The van der Waals surface area contributed by atoms with E-state index >= 15 is 0 Å². The monoisotopic (exact) mass is 125 g/mol. The fourth-order valence-electron chi connectivity index (χ4n) is 0.865. The minimum atomic E-state index is 0.792. The first-order valence-corrected chi connectivity index (χ1v) is 3.25. The van der Waals surface area contributed by atoms with Gasteiger partial charge >= 0.3 is 0 Å². The van der Waals surface area contributed by atoms with E-state index in [1.807, 2.05) is 5.06 Å². The van der Waals surface area contributed by atoms with Gasteiger partial charge in [0, 0.05) is 19.5 Å². The fourth-order valence-corrected chi connectivity index (χ4v) is 0.865. The van der Waals surface area contributed by atoms with E-state index in [2.05, 4.69) is 5.92 Å². The number of hydrogen-bond acceptors (Lipinski definition) is 2. The van der Waals surface area contributed by atoms with Crippen molar-refractivity contribution in [1.82, 2.24) is 5.06 Å². The molecule has 0 N–H and O–H groups in total. The van der Waals surface area contributed by atoms with Crippen LogP contribution in [0.2, 0.25) is 0 Å². The Morgan fingerprint density at radius 1 is 1.67 bits per heavy atom. The molecule has 0 atom stereocenters. The van der Waals surface area contributed by atoms with Crippen LogP contribution in [0.1, 0.15) is 12.8 Å². The summed E-state index contributed by atoms with van der Waals surface area (Å²) < 4.78 is 0. The Bertz CT molecular complexity index is 111. The number of nitrogens with zero attached hydrogens (tertiary/aromatic N) is 1. The highest BCUT2D eigenvalue weighted by atomic mass is 16.7. The number of hydrogen-bond donors (Lipinski definition) is 0. The molecule has 50 valence electrons. The van der Waals surface area contributed by atoms with Crippen LogP contribution in [-0.4, -0.2) is 24.8 Å². The highest BCUT2D eigenvalue weighted by Crippen LogP contribution is 2.03. The third kappa shape index (κ3) is 2.05. The first-order chi connectivity index (χ1) is 4.43. The lowest BCUT2D eigenvalue weighted by Crippen LogP contribution is -2.18. The van der Waals surface area contributed by atoms with Gasteiger partial charge in [-0.1, -0.05) is 0 Å². The Hall–Kier alpha value is -0.520. The lowest BCUT2D eigenvalue weighted by Gasteiger charge is -2.09. The molecule has 2 nitrogen and oxygen atoms in total. The van der Waals surface area contributed by atoms with Crippen molar-refractivity contribution in [2.24, 2.45) is 0 Å². The van der Waals surface area contributed by atoms with Gasteiger partial charge in [0.25, 0.3) is 0 Å². The van der Waals surface area contributed by atoms with E-state index in [0.717, 1.165) is 32.5 Å². The smallest absolute Gasteiger partial charge is 0.0698 e. The highest BCUT2D eigenvalue weighted by molar-refractivity contribution is 4.84. The molecule has 0 aromatic carbocycles. The SMILES string of the molecule is C#CCCN1CCCO1. The van der Waals surface area contributed by atoms with Crippen molar-refractivity contribution in [1.29, 1.82) is 0 Å². The zero-order valence-corrected chi connectivity index (χ0v) is 5.47. The summed E-state index contributed by atoms with van der Waals surface area (Å²) in [5, 5.41) is 1.93. The molecule has 1 aliphatic heterocycles. The van der Waals surface area contributed by atoms with Crippen molar-refractivity contribution < 1.29 is 4.84 Å². The molecule has 0 radical (unpaired) electrons. The highest BCUT2D eigenvalue weighted by Gasteiger charge is 2.09. The third-order valence-electron chi connectivity index (χ3n) is 1.33. The van der Waals surface area contributed by atoms with Crippen LogP contribution in [-0.2, 0) is 4.84 Å². The quantitative estimate of drug-likeness (QED) is 0.502. The van der Waals surface area contributed by atoms with E-state index in [1.165, 1.54) is 0 Å². The molecular weight excluding hydrogens is 114 g/mol. The average molecular weight is 125 g/mol. The molecule has 1 heterocycles. The van der Waals surface area contributed by atoms with Crippen LogP contribution in [0.3, 0.4) is 0 Å². The summed E-state index contributed by atoms with van der Waals surface area (Å²) in [6, 6.07) is 0. The first-order valence-electron chi connectivity index (χ1n) is 3.25. The Balaban J connectivity index is 2.06. The fraction of sp³-hybridized carbons (Fsp3) is 0.714. The zero-order chi connectivity index (χ0) is 6.53. The Morgan fingerprint density at radius 2 is 2.56 bits per heavy atom. The lowest BCUT2D eigenvalue weighted by molar-refractivity contribution is -0.108. The van der Waals surface area contributed by atoms with Gasteiger partial charge in [0.1, 0.15) is 0 Å². The molecule has 1 aliphatic rings. The molecular formula is C7H11NO. The van der Waals surface area contributed by atoms with Gasteiger partial charge < -0.3 is 0 Å². The van der Waals surface area contributed by atoms with Crippen LogP contribution >= 0.6 is 0 Å². The maximum atomic E-state index is 5.19. The predicted octanol–water partition coefficient (Wildman–Crippen LogP) is 0.647. The van der Waals surface area contributed by atoms with Crippen LogP contribution in [0.15, 0.2) is 0 Å². The summed E-state index contributed by atoms with van der Waals surface area (Å²) in [6.07, 6.45) is 7.01. The summed E-state index contributed by atoms with van der Waals surface area (Å²) in [5.41, 5.74) is 0. The van der Waals surface area contributed by atoms with Gasteiger partial charge in [-0.25, -0.2) is 0 Å². The molecule has 0 aromatic heterocycles. The van der Waals surface area contributed by atoms with Crippen LogP contribution in [0.25, 0.3) is 0 Å². The van der Waals surface area contributed by atoms with E-state index < -0.39 is 0 Å². The van der Waals surface area contributed by atoms with E-state index in [-0.39, 0.29) is 0 Å². The second-order valence-electron chi connectivity index (χ2n) is 2.07. The van der Waals surface area contributed by atoms with Crippen LogP contribution in [0.4, 0.5) is 0 Å². The predicted molar refractivity (Wildman–Crippen MR) is 35.6 cm³/mol. The summed E-state index contributed by atoms with van der Waals surface area (Å²) in [7, 11) is 0. The summed E-state index contributed by atoms with van der Waals surface area (Å²) in [6.45, 7) is 2.79. The minimum absolute atomic E-state index is 0.792. The molecule has 0 saturated carbocycles. The molecule has 1 saturated heterocycles. The molecule has 0 aromatic rings. The lowest BCUT2D eigenvalue weighted by atomic mass is 10.4.